The molecule has 0 aliphatic rings. The number of aryl methyl sites for hydroxylation is 2. The number of ether oxygens (including phenoxy) is 2. The van der Waals surface area contributed by atoms with Gasteiger partial charge < -0.3 is 13.9 Å². The summed E-state index contributed by atoms with van der Waals surface area (Å²) in [5.74, 6) is -0.573. The second-order valence-electron chi connectivity index (χ2n) is 6.79. The first-order valence-corrected chi connectivity index (χ1v) is 9.91. The van der Waals surface area contributed by atoms with E-state index in [1.54, 1.807) is 44.2 Å². The Hall–Kier alpha value is -3.12. The summed E-state index contributed by atoms with van der Waals surface area (Å²) >= 11 is 5.87. The van der Waals surface area contributed by atoms with Crippen molar-refractivity contribution < 1.29 is 23.5 Å². The molecule has 0 spiro atoms. The standard InChI is InChI=1S/C23H21ClO6/c1-3-28-21(25)9-6-16-12-18-14(2)10-22(26)30-20(18)13-19(16)29-23(27)11-15-4-7-17(24)8-5-15/h4-5,7-8,10,12-13H,3,6,9,11H2,1-2H3. The lowest BCUT2D eigenvalue weighted by molar-refractivity contribution is -0.143. The van der Waals surface area contributed by atoms with Crippen molar-refractivity contribution in [3.05, 3.63) is 74.6 Å². The molecule has 0 fully saturated rings. The molecule has 30 heavy (non-hydrogen) atoms. The number of hydrogen-bond acceptors (Lipinski definition) is 6. The first kappa shape index (κ1) is 21.6. The fraction of sp³-hybridized carbons (Fsp3) is 0.261. The van der Waals surface area contributed by atoms with Crippen molar-refractivity contribution in [2.24, 2.45) is 0 Å². The SMILES string of the molecule is CCOC(=O)CCc1cc2c(C)cc(=O)oc2cc1OC(=O)Cc1ccc(Cl)cc1. The molecule has 0 aliphatic carbocycles. The van der Waals surface area contributed by atoms with Crippen LogP contribution in [0, 0.1) is 6.92 Å². The number of carbonyl (C=O) groups excluding carboxylic acids is 2. The van der Waals surface area contributed by atoms with Crippen molar-refractivity contribution in [3.63, 3.8) is 0 Å². The third kappa shape index (κ3) is 5.48. The quantitative estimate of drug-likeness (QED) is 0.315. The summed E-state index contributed by atoms with van der Waals surface area (Å²) in [5, 5.41) is 1.29. The molecule has 0 aliphatic heterocycles. The molecule has 3 aromatic rings. The third-order valence-corrected chi connectivity index (χ3v) is 4.77. The van der Waals surface area contributed by atoms with Crippen LogP contribution >= 0.6 is 11.6 Å². The van der Waals surface area contributed by atoms with Crippen LogP contribution in [0.3, 0.4) is 0 Å². The lowest BCUT2D eigenvalue weighted by Gasteiger charge is -2.12. The van der Waals surface area contributed by atoms with E-state index in [0.717, 1.165) is 11.1 Å². The molecule has 0 radical (unpaired) electrons. The second kappa shape index (κ2) is 9.59. The molecule has 7 heteroatoms. The van der Waals surface area contributed by atoms with Gasteiger partial charge in [-0.05, 0) is 55.2 Å². The van der Waals surface area contributed by atoms with E-state index in [1.165, 1.54) is 12.1 Å². The summed E-state index contributed by atoms with van der Waals surface area (Å²) < 4.78 is 15.8. The minimum absolute atomic E-state index is 0.0459. The lowest BCUT2D eigenvalue weighted by atomic mass is 10.0. The molecular weight excluding hydrogens is 408 g/mol. The van der Waals surface area contributed by atoms with Crippen LogP contribution in [0.25, 0.3) is 11.0 Å². The molecule has 3 rings (SSSR count). The number of rotatable bonds is 7. The zero-order valence-electron chi connectivity index (χ0n) is 16.7. The topological polar surface area (TPSA) is 82.8 Å². The van der Waals surface area contributed by atoms with Gasteiger partial charge in [-0.15, -0.1) is 0 Å². The number of hydrogen-bond donors (Lipinski definition) is 0. The Balaban J connectivity index is 1.90. The molecule has 1 heterocycles. The van der Waals surface area contributed by atoms with Crippen molar-refractivity contribution >= 4 is 34.5 Å². The van der Waals surface area contributed by atoms with E-state index >= 15 is 0 Å². The smallest absolute Gasteiger partial charge is 0.336 e. The Kier molecular flexibility index (Phi) is 6.90. The van der Waals surface area contributed by atoms with Crippen molar-refractivity contribution in [2.75, 3.05) is 6.61 Å². The zero-order valence-corrected chi connectivity index (χ0v) is 17.5. The first-order valence-electron chi connectivity index (χ1n) is 9.54. The summed E-state index contributed by atoms with van der Waals surface area (Å²) in [5.41, 5.74) is 1.96. The van der Waals surface area contributed by atoms with E-state index in [1.807, 2.05) is 0 Å². The number of esters is 2. The monoisotopic (exact) mass is 428 g/mol. The maximum atomic E-state index is 12.5. The van der Waals surface area contributed by atoms with Crippen molar-refractivity contribution in [1.29, 1.82) is 0 Å². The largest absolute Gasteiger partial charge is 0.466 e. The van der Waals surface area contributed by atoms with Gasteiger partial charge in [-0.25, -0.2) is 4.79 Å². The van der Waals surface area contributed by atoms with Crippen LogP contribution in [0.4, 0.5) is 0 Å². The number of fused-ring (bicyclic) bond motifs is 1. The van der Waals surface area contributed by atoms with Gasteiger partial charge in [0.15, 0.2) is 0 Å². The van der Waals surface area contributed by atoms with Crippen LogP contribution < -0.4 is 10.4 Å². The molecular formula is C23H21ClO6. The van der Waals surface area contributed by atoms with Crippen LogP contribution in [0.5, 0.6) is 5.75 Å². The van der Waals surface area contributed by atoms with E-state index in [2.05, 4.69) is 0 Å². The van der Waals surface area contributed by atoms with E-state index in [4.69, 9.17) is 25.5 Å². The maximum absolute atomic E-state index is 12.5. The molecule has 0 saturated heterocycles. The highest BCUT2D eigenvalue weighted by atomic mass is 35.5. The summed E-state index contributed by atoms with van der Waals surface area (Å²) in [7, 11) is 0. The van der Waals surface area contributed by atoms with Crippen molar-refractivity contribution in [1.82, 2.24) is 0 Å². The molecule has 156 valence electrons. The molecule has 0 atom stereocenters. The highest BCUT2D eigenvalue weighted by Crippen LogP contribution is 2.29. The number of halogens is 1. The average Bonchev–Trinajstić information content (AvgIpc) is 2.68. The van der Waals surface area contributed by atoms with Crippen LogP contribution in [0.2, 0.25) is 5.02 Å². The summed E-state index contributed by atoms with van der Waals surface area (Å²) in [4.78, 5) is 36.0. The minimum atomic E-state index is -0.488. The average molecular weight is 429 g/mol. The van der Waals surface area contributed by atoms with Crippen molar-refractivity contribution in [3.8, 4) is 5.75 Å². The van der Waals surface area contributed by atoms with Gasteiger partial charge in [0, 0.05) is 29.0 Å². The number of benzene rings is 2. The summed E-state index contributed by atoms with van der Waals surface area (Å²) in [6.07, 6.45) is 0.498. The predicted octanol–water partition coefficient (Wildman–Crippen LogP) is 4.40. The molecule has 0 N–H and O–H groups in total. The lowest BCUT2D eigenvalue weighted by Crippen LogP contribution is -2.13. The van der Waals surface area contributed by atoms with Gasteiger partial charge in [-0.1, -0.05) is 23.7 Å². The Morgan fingerprint density at radius 2 is 1.80 bits per heavy atom. The predicted molar refractivity (Wildman–Crippen MR) is 113 cm³/mol. The van der Waals surface area contributed by atoms with Crippen LogP contribution in [0.1, 0.15) is 30.0 Å². The molecule has 1 aromatic heterocycles. The van der Waals surface area contributed by atoms with E-state index in [-0.39, 0.29) is 24.6 Å². The number of carbonyl (C=O) groups is 2. The van der Waals surface area contributed by atoms with Crippen molar-refractivity contribution in [2.45, 2.75) is 33.1 Å². The fourth-order valence-electron chi connectivity index (χ4n) is 3.08. The van der Waals surface area contributed by atoms with E-state index in [0.29, 0.717) is 34.6 Å². The van der Waals surface area contributed by atoms with Crippen LogP contribution in [0.15, 0.2) is 51.7 Å². The first-order chi connectivity index (χ1) is 14.4. The van der Waals surface area contributed by atoms with E-state index in [9.17, 15) is 14.4 Å². The normalized spacial score (nSPS) is 10.8. The van der Waals surface area contributed by atoms with Crippen LogP contribution in [-0.4, -0.2) is 18.5 Å². The van der Waals surface area contributed by atoms with Gasteiger partial charge in [0.2, 0.25) is 0 Å². The zero-order chi connectivity index (χ0) is 21.7. The fourth-order valence-corrected chi connectivity index (χ4v) is 3.20. The van der Waals surface area contributed by atoms with Gasteiger partial charge in [-0.2, -0.15) is 0 Å². The van der Waals surface area contributed by atoms with Gasteiger partial charge in [0.1, 0.15) is 11.3 Å². The molecule has 0 unspecified atom stereocenters. The molecule has 0 bridgehead atoms. The second-order valence-corrected chi connectivity index (χ2v) is 7.22. The van der Waals surface area contributed by atoms with Crippen LogP contribution in [-0.2, 0) is 27.2 Å². The summed E-state index contributed by atoms with van der Waals surface area (Å²) in [6.45, 7) is 3.83. The van der Waals surface area contributed by atoms with E-state index < -0.39 is 11.6 Å². The molecule has 6 nitrogen and oxygen atoms in total. The third-order valence-electron chi connectivity index (χ3n) is 4.52. The Morgan fingerprint density at radius 1 is 1.07 bits per heavy atom. The highest BCUT2D eigenvalue weighted by Gasteiger charge is 2.16. The Morgan fingerprint density at radius 3 is 2.50 bits per heavy atom. The van der Waals surface area contributed by atoms with Gasteiger partial charge in [0.25, 0.3) is 0 Å². The van der Waals surface area contributed by atoms with Gasteiger partial charge in [-0.3, -0.25) is 9.59 Å². The summed E-state index contributed by atoms with van der Waals surface area (Å²) in [6, 6.07) is 11.6. The van der Waals surface area contributed by atoms with Gasteiger partial charge in [0.05, 0.1) is 13.0 Å². The molecule has 2 aromatic carbocycles. The Labute approximate surface area is 178 Å². The van der Waals surface area contributed by atoms with Gasteiger partial charge >= 0.3 is 17.6 Å². The Bertz CT molecular complexity index is 1130. The highest BCUT2D eigenvalue weighted by molar-refractivity contribution is 6.30. The molecule has 0 amide bonds. The molecule has 0 saturated carbocycles. The minimum Gasteiger partial charge on any atom is -0.466 e. The maximum Gasteiger partial charge on any atom is 0.336 e.